The zero-order valence-electron chi connectivity index (χ0n) is 17.1. The summed E-state index contributed by atoms with van der Waals surface area (Å²) in [7, 11) is 1.65. The first-order valence-corrected chi connectivity index (χ1v) is 10.0. The van der Waals surface area contributed by atoms with E-state index in [4.69, 9.17) is 14.2 Å². The van der Waals surface area contributed by atoms with E-state index in [-0.39, 0.29) is 25.4 Å². The zero-order chi connectivity index (χ0) is 21.1. The summed E-state index contributed by atoms with van der Waals surface area (Å²) in [6.07, 6.45) is -0.627. The first kappa shape index (κ1) is 20.0. The first-order chi connectivity index (χ1) is 14.6. The highest BCUT2D eigenvalue weighted by atomic mass is 16.7. The van der Waals surface area contributed by atoms with Crippen LogP contribution in [0.15, 0.2) is 54.6 Å². The molecule has 0 fully saturated rings. The summed E-state index contributed by atoms with van der Waals surface area (Å²) in [6.45, 7) is 2.50. The lowest BCUT2D eigenvalue weighted by atomic mass is 9.86. The summed E-state index contributed by atoms with van der Waals surface area (Å²) in [5.74, 6) is 1.26. The van der Waals surface area contributed by atoms with Crippen molar-refractivity contribution in [3.8, 4) is 11.5 Å². The van der Waals surface area contributed by atoms with Crippen LogP contribution >= 0.6 is 0 Å². The summed E-state index contributed by atoms with van der Waals surface area (Å²) >= 11 is 0. The fourth-order valence-corrected chi connectivity index (χ4v) is 4.10. The van der Waals surface area contributed by atoms with E-state index in [0.29, 0.717) is 5.75 Å². The molecule has 2 N–H and O–H groups in total. The van der Waals surface area contributed by atoms with Gasteiger partial charge in [-0.25, -0.2) is 4.79 Å². The molecule has 0 spiro atoms. The van der Waals surface area contributed by atoms with Gasteiger partial charge in [-0.05, 0) is 46.0 Å². The van der Waals surface area contributed by atoms with Crippen molar-refractivity contribution in [3.63, 3.8) is 0 Å². The molecule has 30 heavy (non-hydrogen) atoms. The van der Waals surface area contributed by atoms with Gasteiger partial charge in [0, 0.05) is 19.6 Å². The number of hydrogen-bond donors (Lipinski definition) is 2. The highest BCUT2D eigenvalue weighted by Crippen LogP contribution is 2.42. The second kappa shape index (κ2) is 8.63. The van der Waals surface area contributed by atoms with Gasteiger partial charge in [0.25, 0.3) is 0 Å². The van der Waals surface area contributed by atoms with Crippen LogP contribution < -0.4 is 14.8 Å². The van der Waals surface area contributed by atoms with Crippen LogP contribution in [-0.2, 0) is 11.2 Å². The molecule has 1 aliphatic heterocycles. The Balaban J connectivity index is 1.77. The van der Waals surface area contributed by atoms with Gasteiger partial charge in [0.15, 0.2) is 11.5 Å². The van der Waals surface area contributed by atoms with E-state index in [2.05, 4.69) is 42.6 Å². The standard InChI is InChI=1S/C24H25NO5/c1-3-15-10-19(12-21-23(15)30-14-29-21)22(28-2)20(13-25-24(26)27)18-9-8-16-6-4-5-7-17(16)11-18/h4-12,20,22,25H,3,13-14H2,1-2H3,(H,26,27). The second-order valence-corrected chi connectivity index (χ2v) is 7.32. The number of carboxylic acid groups (broad SMARTS) is 1. The molecular weight excluding hydrogens is 382 g/mol. The molecule has 0 saturated carbocycles. The van der Waals surface area contributed by atoms with Crippen molar-refractivity contribution in [2.24, 2.45) is 0 Å². The average Bonchev–Trinajstić information content (AvgIpc) is 3.24. The number of aryl methyl sites for hydroxylation is 1. The highest BCUT2D eigenvalue weighted by Gasteiger charge is 2.29. The Labute approximate surface area is 175 Å². The van der Waals surface area contributed by atoms with Crippen molar-refractivity contribution >= 4 is 16.9 Å². The molecule has 6 nitrogen and oxygen atoms in total. The Bertz CT molecular complexity index is 1060. The minimum Gasteiger partial charge on any atom is -0.465 e. The van der Waals surface area contributed by atoms with Gasteiger partial charge in [-0.15, -0.1) is 0 Å². The molecule has 1 aliphatic rings. The predicted octanol–water partition coefficient (Wildman–Crippen LogP) is 4.87. The third kappa shape index (κ3) is 3.91. The van der Waals surface area contributed by atoms with Crippen LogP contribution in [0, 0.1) is 0 Å². The SMILES string of the molecule is CCc1cc(C(OC)C(CNC(=O)O)c2ccc3ccccc3c2)cc2c1OCO2. The minimum absolute atomic E-state index is 0.206. The van der Waals surface area contributed by atoms with Crippen LogP contribution in [0.2, 0.25) is 0 Å². The van der Waals surface area contributed by atoms with Crippen molar-refractivity contribution in [3.05, 3.63) is 71.3 Å². The van der Waals surface area contributed by atoms with Crippen molar-refractivity contribution in [1.82, 2.24) is 5.32 Å². The smallest absolute Gasteiger partial charge is 0.404 e. The van der Waals surface area contributed by atoms with E-state index in [0.717, 1.165) is 39.6 Å². The van der Waals surface area contributed by atoms with Crippen LogP contribution in [0.4, 0.5) is 4.79 Å². The monoisotopic (exact) mass is 407 g/mol. The topological polar surface area (TPSA) is 77.0 Å². The number of methoxy groups -OCH3 is 1. The van der Waals surface area contributed by atoms with Crippen molar-refractivity contribution in [2.75, 3.05) is 20.4 Å². The number of benzene rings is 3. The number of hydrogen-bond acceptors (Lipinski definition) is 4. The number of carbonyl (C=O) groups is 1. The van der Waals surface area contributed by atoms with E-state index in [9.17, 15) is 9.90 Å². The molecule has 1 heterocycles. The zero-order valence-corrected chi connectivity index (χ0v) is 17.1. The van der Waals surface area contributed by atoms with Crippen LogP contribution in [0.25, 0.3) is 10.8 Å². The maximum Gasteiger partial charge on any atom is 0.404 e. The molecule has 3 aromatic carbocycles. The third-order valence-corrected chi connectivity index (χ3v) is 5.58. The van der Waals surface area contributed by atoms with Crippen LogP contribution in [0.1, 0.15) is 35.6 Å². The molecule has 6 heteroatoms. The highest BCUT2D eigenvalue weighted by molar-refractivity contribution is 5.83. The summed E-state index contributed by atoms with van der Waals surface area (Å²) in [4.78, 5) is 11.3. The maximum absolute atomic E-state index is 11.3. The van der Waals surface area contributed by atoms with Gasteiger partial charge >= 0.3 is 6.09 Å². The minimum atomic E-state index is -1.06. The fourth-order valence-electron chi connectivity index (χ4n) is 4.10. The molecule has 2 atom stereocenters. The van der Waals surface area contributed by atoms with Crippen molar-refractivity contribution in [1.29, 1.82) is 0 Å². The fraction of sp³-hybridized carbons (Fsp3) is 0.292. The van der Waals surface area contributed by atoms with Crippen molar-refractivity contribution < 1.29 is 24.1 Å². The molecule has 2 unspecified atom stereocenters. The largest absolute Gasteiger partial charge is 0.465 e. The molecule has 156 valence electrons. The van der Waals surface area contributed by atoms with Crippen LogP contribution in [0.3, 0.4) is 0 Å². The molecule has 1 amide bonds. The molecule has 0 bridgehead atoms. The molecule has 4 rings (SSSR count). The predicted molar refractivity (Wildman–Crippen MR) is 114 cm³/mol. The summed E-state index contributed by atoms with van der Waals surface area (Å²) in [6, 6.07) is 18.3. The quantitative estimate of drug-likeness (QED) is 0.584. The maximum atomic E-state index is 11.3. The average molecular weight is 407 g/mol. The Kier molecular flexibility index (Phi) is 5.77. The summed E-state index contributed by atoms with van der Waals surface area (Å²) in [5, 5.41) is 14.0. The lowest BCUT2D eigenvalue weighted by Crippen LogP contribution is -2.30. The van der Waals surface area contributed by atoms with E-state index in [1.807, 2.05) is 24.3 Å². The number of nitrogens with one attached hydrogen (secondary N) is 1. The number of amides is 1. The number of rotatable bonds is 7. The molecule has 3 aromatic rings. The van der Waals surface area contributed by atoms with E-state index >= 15 is 0 Å². The van der Waals surface area contributed by atoms with Gasteiger partial charge in [0.1, 0.15) is 0 Å². The van der Waals surface area contributed by atoms with E-state index in [1.54, 1.807) is 7.11 Å². The normalized spacial score (nSPS) is 14.5. The van der Waals surface area contributed by atoms with Crippen LogP contribution in [0.5, 0.6) is 11.5 Å². The van der Waals surface area contributed by atoms with Crippen molar-refractivity contribution in [2.45, 2.75) is 25.4 Å². The number of ether oxygens (including phenoxy) is 3. The Morgan fingerprint density at radius 3 is 2.63 bits per heavy atom. The van der Waals surface area contributed by atoms with Gasteiger partial charge in [0.05, 0.1) is 6.10 Å². The van der Waals surface area contributed by atoms with Gasteiger partial charge in [-0.2, -0.15) is 0 Å². The van der Waals surface area contributed by atoms with Crippen LogP contribution in [-0.4, -0.2) is 31.6 Å². The second-order valence-electron chi connectivity index (χ2n) is 7.32. The van der Waals surface area contributed by atoms with Gasteiger partial charge in [-0.3, -0.25) is 0 Å². The van der Waals surface area contributed by atoms with Gasteiger partial charge < -0.3 is 24.6 Å². The van der Waals surface area contributed by atoms with E-state index in [1.165, 1.54) is 0 Å². The summed E-state index contributed by atoms with van der Waals surface area (Å²) in [5.41, 5.74) is 2.99. The Morgan fingerprint density at radius 1 is 1.10 bits per heavy atom. The first-order valence-electron chi connectivity index (χ1n) is 10.0. The lowest BCUT2D eigenvalue weighted by molar-refractivity contribution is 0.0777. The molecular formula is C24H25NO5. The molecule has 0 aromatic heterocycles. The Morgan fingerprint density at radius 2 is 1.90 bits per heavy atom. The third-order valence-electron chi connectivity index (χ3n) is 5.58. The summed E-state index contributed by atoms with van der Waals surface area (Å²) < 4.78 is 17.2. The Hall–Kier alpha value is -3.25. The van der Waals surface area contributed by atoms with E-state index < -0.39 is 6.09 Å². The number of fused-ring (bicyclic) bond motifs is 2. The molecule has 0 radical (unpaired) electrons. The van der Waals surface area contributed by atoms with Gasteiger partial charge in [-0.1, -0.05) is 49.4 Å². The lowest BCUT2D eigenvalue weighted by Gasteiger charge is -2.28. The molecule has 0 saturated heterocycles. The van der Waals surface area contributed by atoms with Gasteiger partial charge in [0.2, 0.25) is 6.79 Å². The molecule has 0 aliphatic carbocycles.